The summed E-state index contributed by atoms with van der Waals surface area (Å²) in [5, 5.41) is 16.2. The van der Waals surface area contributed by atoms with Gasteiger partial charge in [0.05, 0.1) is 22.0 Å². The number of nitrogens with zero attached hydrogens (tertiary/aromatic N) is 1. The minimum atomic E-state index is -3.42. The zero-order valence-electron chi connectivity index (χ0n) is 13.8. The van der Waals surface area contributed by atoms with E-state index >= 15 is 0 Å². The molecule has 2 aromatic rings. The molecule has 8 heteroatoms. The average molecular weight is 352 g/mol. The van der Waals surface area contributed by atoms with Crippen LogP contribution in [0.3, 0.4) is 0 Å². The highest BCUT2D eigenvalue weighted by atomic mass is 32.2. The van der Waals surface area contributed by atoms with Gasteiger partial charge < -0.3 is 14.9 Å². The maximum Gasteiger partial charge on any atom is 0.224 e. The normalized spacial score (nSPS) is 11.5. The molecule has 0 fully saturated rings. The number of sulfone groups is 1. The fourth-order valence-electron chi connectivity index (χ4n) is 2.29. The average Bonchev–Trinajstić information content (AvgIpc) is 2.86. The van der Waals surface area contributed by atoms with Crippen molar-refractivity contribution in [3.63, 3.8) is 0 Å². The minimum Gasteiger partial charge on any atom is -0.506 e. The molecular weight excluding hydrogens is 332 g/mol. The lowest BCUT2D eigenvalue weighted by Gasteiger charge is -2.09. The summed E-state index contributed by atoms with van der Waals surface area (Å²) in [6.07, 6.45) is 0.605. The van der Waals surface area contributed by atoms with Crippen molar-refractivity contribution in [1.29, 1.82) is 0 Å². The lowest BCUT2D eigenvalue weighted by atomic mass is 10.1. The third-order valence-electron chi connectivity index (χ3n) is 3.76. The molecule has 24 heavy (non-hydrogen) atoms. The number of anilines is 1. The Morgan fingerprint density at radius 3 is 2.62 bits per heavy atom. The molecule has 0 bridgehead atoms. The molecule has 0 aliphatic heterocycles. The summed E-state index contributed by atoms with van der Waals surface area (Å²) in [5.74, 6) is 0.0864. The molecule has 0 spiro atoms. The number of benzene rings is 1. The smallest absolute Gasteiger partial charge is 0.224 e. The largest absolute Gasteiger partial charge is 0.506 e. The molecule has 1 aromatic carbocycles. The predicted molar refractivity (Wildman–Crippen MR) is 88.8 cm³/mol. The van der Waals surface area contributed by atoms with Gasteiger partial charge in [0.15, 0.2) is 9.84 Å². The van der Waals surface area contributed by atoms with Gasteiger partial charge in [0.2, 0.25) is 5.91 Å². The van der Waals surface area contributed by atoms with Crippen LogP contribution in [0.2, 0.25) is 0 Å². The van der Waals surface area contributed by atoms with E-state index in [1.165, 1.54) is 25.1 Å². The van der Waals surface area contributed by atoms with Crippen LogP contribution in [-0.2, 0) is 21.1 Å². The summed E-state index contributed by atoms with van der Waals surface area (Å²) in [7, 11) is -3.42. The number of rotatable bonds is 6. The van der Waals surface area contributed by atoms with Crippen LogP contribution in [0.5, 0.6) is 5.75 Å². The number of aryl methyl sites for hydroxylation is 2. The third kappa shape index (κ3) is 3.94. The number of hydrogen-bond acceptors (Lipinski definition) is 6. The molecule has 0 saturated heterocycles. The molecular formula is C16H20N2O5S. The fraction of sp³-hybridized carbons (Fsp3) is 0.375. The van der Waals surface area contributed by atoms with Crippen molar-refractivity contribution in [3.05, 3.63) is 35.2 Å². The highest BCUT2D eigenvalue weighted by molar-refractivity contribution is 7.91. The Hall–Kier alpha value is -2.35. The first-order chi connectivity index (χ1) is 11.2. The lowest BCUT2D eigenvalue weighted by Crippen LogP contribution is -2.13. The van der Waals surface area contributed by atoms with Gasteiger partial charge in [-0.3, -0.25) is 4.79 Å². The number of amides is 1. The Morgan fingerprint density at radius 2 is 2.04 bits per heavy atom. The van der Waals surface area contributed by atoms with Crippen molar-refractivity contribution in [1.82, 2.24) is 5.16 Å². The van der Waals surface area contributed by atoms with Crippen molar-refractivity contribution >= 4 is 21.4 Å². The van der Waals surface area contributed by atoms with Gasteiger partial charge in [-0.1, -0.05) is 12.1 Å². The summed E-state index contributed by atoms with van der Waals surface area (Å²) in [6.45, 7) is 5.11. The molecule has 1 heterocycles. The monoisotopic (exact) mass is 352 g/mol. The Kier molecular flexibility index (Phi) is 5.28. The zero-order chi connectivity index (χ0) is 17.9. The van der Waals surface area contributed by atoms with Crippen molar-refractivity contribution in [2.24, 2.45) is 0 Å². The number of carbonyl (C=O) groups excluding carboxylic acids is 1. The van der Waals surface area contributed by atoms with Crippen LogP contribution in [0.4, 0.5) is 5.69 Å². The fourth-order valence-corrected chi connectivity index (χ4v) is 3.19. The highest BCUT2D eigenvalue weighted by Crippen LogP contribution is 2.27. The van der Waals surface area contributed by atoms with Crippen LogP contribution in [0.1, 0.15) is 30.4 Å². The molecule has 0 atom stereocenters. The minimum absolute atomic E-state index is 0.0583. The summed E-state index contributed by atoms with van der Waals surface area (Å²) >= 11 is 0. The number of phenols is 1. The first-order valence-electron chi connectivity index (χ1n) is 7.52. The molecule has 2 rings (SSSR count). The molecule has 0 saturated carbocycles. The molecule has 0 aliphatic carbocycles. The number of aromatic hydroxyl groups is 1. The number of hydrogen-bond donors (Lipinski definition) is 2. The van der Waals surface area contributed by atoms with Crippen molar-refractivity contribution < 1.29 is 22.8 Å². The van der Waals surface area contributed by atoms with Gasteiger partial charge in [-0.25, -0.2) is 8.42 Å². The molecule has 0 aliphatic rings. The standard InChI is InChI=1S/C16H20N2O5S/c1-4-24(21,22)12-5-7-15(19)14(9-12)17-16(20)8-6-13-10(2)18-23-11(13)3/h5,7,9,19H,4,6,8H2,1-3H3,(H,17,20). The second-order valence-corrected chi connectivity index (χ2v) is 7.71. The summed E-state index contributed by atoms with van der Waals surface area (Å²) in [6, 6.07) is 3.84. The van der Waals surface area contributed by atoms with Crippen molar-refractivity contribution in [3.8, 4) is 5.75 Å². The second-order valence-electron chi connectivity index (χ2n) is 5.43. The third-order valence-corrected chi connectivity index (χ3v) is 5.50. The van der Waals surface area contributed by atoms with E-state index in [0.717, 1.165) is 11.3 Å². The van der Waals surface area contributed by atoms with Gasteiger partial charge in [0.25, 0.3) is 0 Å². The van der Waals surface area contributed by atoms with Gasteiger partial charge in [-0.2, -0.15) is 0 Å². The number of phenolic OH excluding ortho intramolecular Hbond substituents is 1. The number of carbonyl (C=O) groups is 1. The van der Waals surface area contributed by atoms with E-state index in [-0.39, 0.29) is 34.4 Å². The van der Waals surface area contributed by atoms with Gasteiger partial charge >= 0.3 is 0 Å². The SMILES string of the molecule is CCS(=O)(=O)c1ccc(O)c(NC(=O)CCc2c(C)noc2C)c1. The molecule has 2 N–H and O–H groups in total. The van der Waals surface area contributed by atoms with Crippen LogP contribution in [0.25, 0.3) is 0 Å². The Balaban J connectivity index is 2.10. The van der Waals surface area contributed by atoms with Gasteiger partial charge in [-0.15, -0.1) is 0 Å². The van der Waals surface area contributed by atoms with Crippen LogP contribution in [0, 0.1) is 13.8 Å². The predicted octanol–water partition coefficient (Wildman–Crippen LogP) is 2.36. The topological polar surface area (TPSA) is 110 Å². The molecule has 0 unspecified atom stereocenters. The number of aromatic nitrogens is 1. The van der Waals surface area contributed by atoms with E-state index in [1.54, 1.807) is 13.8 Å². The van der Waals surface area contributed by atoms with E-state index in [4.69, 9.17) is 4.52 Å². The highest BCUT2D eigenvalue weighted by Gasteiger charge is 2.16. The van der Waals surface area contributed by atoms with E-state index < -0.39 is 9.84 Å². The molecule has 1 aromatic heterocycles. The van der Waals surface area contributed by atoms with Crippen molar-refractivity contribution in [2.45, 2.75) is 38.5 Å². The zero-order valence-corrected chi connectivity index (χ0v) is 14.6. The van der Waals surface area contributed by atoms with E-state index in [1.807, 2.05) is 0 Å². The quantitative estimate of drug-likeness (QED) is 0.772. The first kappa shape index (κ1) is 18.0. The maximum absolute atomic E-state index is 12.1. The second kappa shape index (κ2) is 7.04. The molecule has 130 valence electrons. The van der Waals surface area contributed by atoms with Crippen LogP contribution in [0.15, 0.2) is 27.6 Å². The van der Waals surface area contributed by atoms with Gasteiger partial charge in [0, 0.05) is 12.0 Å². The van der Waals surface area contributed by atoms with Crippen LogP contribution in [-0.4, -0.2) is 30.3 Å². The first-order valence-corrected chi connectivity index (χ1v) is 9.17. The van der Waals surface area contributed by atoms with Gasteiger partial charge in [0.1, 0.15) is 11.5 Å². The lowest BCUT2D eigenvalue weighted by molar-refractivity contribution is -0.116. The summed E-state index contributed by atoms with van der Waals surface area (Å²) in [5.41, 5.74) is 1.68. The molecule has 0 radical (unpaired) electrons. The van der Waals surface area contributed by atoms with E-state index in [9.17, 15) is 18.3 Å². The van der Waals surface area contributed by atoms with Crippen LogP contribution >= 0.6 is 0 Å². The Labute approximate surface area is 140 Å². The van der Waals surface area contributed by atoms with E-state index in [2.05, 4.69) is 10.5 Å². The van der Waals surface area contributed by atoms with Gasteiger partial charge in [-0.05, 0) is 38.5 Å². The maximum atomic E-state index is 12.1. The summed E-state index contributed by atoms with van der Waals surface area (Å²) in [4.78, 5) is 12.1. The molecule has 7 nitrogen and oxygen atoms in total. The van der Waals surface area contributed by atoms with Crippen LogP contribution < -0.4 is 5.32 Å². The Morgan fingerprint density at radius 1 is 1.33 bits per heavy atom. The molecule has 1 amide bonds. The Bertz CT molecular complexity index is 836. The summed E-state index contributed by atoms with van der Waals surface area (Å²) < 4.78 is 28.8. The van der Waals surface area contributed by atoms with E-state index in [0.29, 0.717) is 12.2 Å². The number of nitrogens with one attached hydrogen (secondary N) is 1. The van der Waals surface area contributed by atoms with Crippen molar-refractivity contribution in [2.75, 3.05) is 11.1 Å².